The zero-order valence-corrected chi connectivity index (χ0v) is 8.26. The van der Waals surface area contributed by atoms with Gasteiger partial charge in [0.05, 0.1) is 6.61 Å². The van der Waals surface area contributed by atoms with Crippen LogP contribution in [0.5, 0.6) is 0 Å². The molecule has 0 rings (SSSR count). The number of carbonyl (C=O) groups excluding carboxylic acids is 2. The van der Waals surface area contributed by atoms with Crippen molar-refractivity contribution in [1.82, 2.24) is 0 Å². The van der Waals surface area contributed by atoms with Gasteiger partial charge in [0.15, 0.2) is 5.92 Å². The third-order valence-corrected chi connectivity index (χ3v) is 1.48. The molecular formula is C8H11F3O4. The van der Waals surface area contributed by atoms with E-state index in [0.717, 1.165) is 0 Å². The molecule has 1 unspecified atom stereocenters. The molecule has 0 aliphatic heterocycles. The normalized spacial score (nSPS) is 13.1. The van der Waals surface area contributed by atoms with Gasteiger partial charge < -0.3 is 9.47 Å². The summed E-state index contributed by atoms with van der Waals surface area (Å²) in [6, 6.07) is 0. The van der Waals surface area contributed by atoms with Crippen LogP contribution in [0.2, 0.25) is 0 Å². The van der Waals surface area contributed by atoms with Crippen molar-refractivity contribution in [2.75, 3.05) is 6.61 Å². The summed E-state index contributed by atoms with van der Waals surface area (Å²) in [6.07, 6.45) is -5.18. The Morgan fingerprint density at radius 3 is 2.07 bits per heavy atom. The maximum Gasteiger partial charge on any atom is 0.575 e. The van der Waals surface area contributed by atoms with E-state index >= 15 is 0 Å². The molecule has 15 heavy (non-hydrogen) atoms. The van der Waals surface area contributed by atoms with Gasteiger partial charge >= 0.3 is 18.3 Å². The summed E-state index contributed by atoms with van der Waals surface area (Å²) in [5.74, 6) is -4.16. The number of hydrogen-bond acceptors (Lipinski definition) is 4. The fourth-order valence-corrected chi connectivity index (χ4v) is 0.858. The van der Waals surface area contributed by atoms with Gasteiger partial charge in [0.2, 0.25) is 0 Å². The van der Waals surface area contributed by atoms with Crippen molar-refractivity contribution in [3.63, 3.8) is 0 Å². The summed E-state index contributed by atoms with van der Waals surface area (Å²) in [6.45, 7) is 2.87. The summed E-state index contributed by atoms with van der Waals surface area (Å²) < 4.78 is 42.5. The smallest absolute Gasteiger partial charge is 0.465 e. The number of carbonyl (C=O) groups is 2. The Kier molecular flexibility index (Phi) is 5.10. The lowest BCUT2D eigenvalue weighted by Gasteiger charge is -2.13. The molecular weight excluding hydrogens is 217 g/mol. The van der Waals surface area contributed by atoms with Gasteiger partial charge in [-0.05, 0) is 13.3 Å². The van der Waals surface area contributed by atoms with Gasteiger partial charge in [0, 0.05) is 0 Å². The first-order chi connectivity index (χ1) is 6.81. The molecule has 0 saturated heterocycles. The Hall–Kier alpha value is -1.27. The Morgan fingerprint density at radius 1 is 1.20 bits per heavy atom. The molecule has 0 aromatic heterocycles. The second-order valence-corrected chi connectivity index (χ2v) is 2.58. The maximum absolute atomic E-state index is 11.7. The SMILES string of the molecule is CCOC(=O)C(CC)C(=O)OC(F)(F)F. The van der Waals surface area contributed by atoms with E-state index in [1.165, 1.54) is 13.8 Å². The molecule has 0 aliphatic carbocycles. The highest BCUT2D eigenvalue weighted by Crippen LogP contribution is 2.20. The number of rotatable bonds is 4. The minimum atomic E-state index is -5.07. The van der Waals surface area contributed by atoms with Crippen LogP contribution < -0.4 is 0 Å². The lowest BCUT2D eigenvalue weighted by atomic mass is 10.1. The van der Waals surface area contributed by atoms with Crippen molar-refractivity contribution in [2.24, 2.45) is 5.92 Å². The van der Waals surface area contributed by atoms with E-state index in [1.54, 1.807) is 0 Å². The molecule has 0 fully saturated rings. The monoisotopic (exact) mass is 228 g/mol. The summed E-state index contributed by atoms with van der Waals surface area (Å²) in [5.41, 5.74) is 0. The predicted octanol–water partition coefficient (Wildman–Crippen LogP) is 1.64. The fraction of sp³-hybridized carbons (Fsp3) is 0.750. The largest absolute Gasteiger partial charge is 0.575 e. The first kappa shape index (κ1) is 13.7. The predicted molar refractivity (Wildman–Crippen MR) is 42.6 cm³/mol. The van der Waals surface area contributed by atoms with Gasteiger partial charge in [-0.1, -0.05) is 6.92 Å². The summed E-state index contributed by atoms with van der Waals surface area (Å²) in [5, 5.41) is 0. The van der Waals surface area contributed by atoms with Crippen molar-refractivity contribution in [3.05, 3.63) is 0 Å². The molecule has 0 aromatic carbocycles. The van der Waals surface area contributed by atoms with Gasteiger partial charge in [-0.15, -0.1) is 13.2 Å². The Morgan fingerprint density at radius 2 is 1.73 bits per heavy atom. The number of alkyl halides is 3. The Labute approximate surface area is 84.3 Å². The molecule has 0 N–H and O–H groups in total. The minimum absolute atomic E-state index is 0.00533. The zero-order chi connectivity index (χ0) is 12.1. The highest BCUT2D eigenvalue weighted by molar-refractivity contribution is 5.94. The second kappa shape index (κ2) is 5.57. The van der Waals surface area contributed by atoms with Crippen LogP contribution in [0.4, 0.5) is 13.2 Å². The Balaban J connectivity index is 4.41. The third-order valence-electron chi connectivity index (χ3n) is 1.48. The highest BCUT2D eigenvalue weighted by atomic mass is 19.4. The molecule has 0 aromatic rings. The lowest BCUT2D eigenvalue weighted by molar-refractivity contribution is -0.307. The standard InChI is InChI=1S/C8H11F3O4/c1-3-5(6(12)14-4-2)7(13)15-8(9,10)11/h5H,3-4H2,1-2H3. The van der Waals surface area contributed by atoms with Crippen LogP contribution in [0, 0.1) is 5.92 Å². The van der Waals surface area contributed by atoms with Gasteiger partial charge in [-0.25, -0.2) is 0 Å². The topological polar surface area (TPSA) is 52.6 Å². The molecule has 0 saturated carbocycles. The van der Waals surface area contributed by atoms with Crippen LogP contribution in [0.25, 0.3) is 0 Å². The van der Waals surface area contributed by atoms with E-state index in [0.29, 0.717) is 0 Å². The molecule has 88 valence electrons. The molecule has 0 spiro atoms. The van der Waals surface area contributed by atoms with E-state index in [4.69, 9.17) is 0 Å². The Bertz CT molecular complexity index is 237. The van der Waals surface area contributed by atoms with E-state index in [-0.39, 0.29) is 13.0 Å². The van der Waals surface area contributed by atoms with Crippen molar-refractivity contribution in [3.8, 4) is 0 Å². The van der Waals surface area contributed by atoms with Crippen LogP contribution >= 0.6 is 0 Å². The molecule has 0 heterocycles. The summed E-state index contributed by atoms with van der Waals surface area (Å²) in [4.78, 5) is 21.9. The quantitative estimate of drug-likeness (QED) is 0.542. The van der Waals surface area contributed by atoms with Gasteiger partial charge in [0.25, 0.3) is 0 Å². The number of halogens is 3. The van der Waals surface area contributed by atoms with Crippen LogP contribution in [0.1, 0.15) is 20.3 Å². The third kappa shape index (κ3) is 5.24. The van der Waals surface area contributed by atoms with Crippen molar-refractivity contribution >= 4 is 11.9 Å². The maximum atomic E-state index is 11.7. The van der Waals surface area contributed by atoms with Crippen LogP contribution in [-0.2, 0) is 19.1 Å². The lowest BCUT2D eigenvalue weighted by Crippen LogP contribution is -2.31. The fourth-order valence-electron chi connectivity index (χ4n) is 0.858. The molecule has 0 amide bonds. The highest BCUT2D eigenvalue weighted by Gasteiger charge is 2.39. The van der Waals surface area contributed by atoms with Gasteiger partial charge in [0.1, 0.15) is 0 Å². The minimum Gasteiger partial charge on any atom is -0.465 e. The van der Waals surface area contributed by atoms with Crippen LogP contribution in [0.15, 0.2) is 0 Å². The van der Waals surface area contributed by atoms with Gasteiger partial charge in [-0.2, -0.15) is 0 Å². The van der Waals surface area contributed by atoms with Crippen molar-refractivity contribution < 1.29 is 32.2 Å². The average molecular weight is 228 g/mol. The van der Waals surface area contributed by atoms with E-state index in [1.807, 2.05) is 0 Å². The van der Waals surface area contributed by atoms with E-state index in [9.17, 15) is 22.8 Å². The van der Waals surface area contributed by atoms with E-state index in [2.05, 4.69) is 9.47 Å². The molecule has 7 heteroatoms. The number of hydrogen-bond donors (Lipinski definition) is 0. The first-order valence-electron chi connectivity index (χ1n) is 4.28. The van der Waals surface area contributed by atoms with Crippen molar-refractivity contribution in [1.29, 1.82) is 0 Å². The average Bonchev–Trinajstić information content (AvgIpc) is 2.02. The number of ether oxygens (including phenoxy) is 2. The summed E-state index contributed by atoms with van der Waals surface area (Å²) in [7, 11) is 0. The van der Waals surface area contributed by atoms with Gasteiger partial charge in [-0.3, -0.25) is 9.59 Å². The van der Waals surface area contributed by atoms with Crippen LogP contribution in [0.3, 0.4) is 0 Å². The molecule has 0 bridgehead atoms. The van der Waals surface area contributed by atoms with Crippen molar-refractivity contribution in [2.45, 2.75) is 26.6 Å². The summed E-state index contributed by atoms with van der Waals surface area (Å²) >= 11 is 0. The molecule has 1 atom stereocenters. The van der Waals surface area contributed by atoms with Crippen LogP contribution in [-0.4, -0.2) is 24.9 Å². The number of esters is 2. The molecule has 0 radical (unpaired) electrons. The molecule has 4 nitrogen and oxygen atoms in total. The zero-order valence-electron chi connectivity index (χ0n) is 8.26. The molecule has 0 aliphatic rings. The second-order valence-electron chi connectivity index (χ2n) is 2.58. The van der Waals surface area contributed by atoms with E-state index < -0.39 is 24.2 Å². The first-order valence-corrected chi connectivity index (χ1v) is 4.28.